The summed E-state index contributed by atoms with van der Waals surface area (Å²) in [5, 5.41) is 0. The fourth-order valence-electron chi connectivity index (χ4n) is 1.88. The van der Waals surface area contributed by atoms with Crippen LogP contribution in [0.1, 0.15) is 18.4 Å². The molecule has 2 N–H and O–H groups in total. The number of hydrogen-bond acceptors (Lipinski definition) is 4. The van der Waals surface area contributed by atoms with Crippen molar-refractivity contribution in [2.45, 2.75) is 19.5 Å². The maximum atomic E-state index is 12.8. The van der Waals surface area contributed by atoms with Crippen molar-refractivity contribution >= 4 is 11.7 Å². The number of benzene rings is 1. The number of anilines is 1. The largest absolute Gasteiger partial charge is 0.466 e. The number of hydrogen-bond donors (Lipinski definition) is 1. The van der Waals surface area contributed by atoms with Crippen LogP contribution in [0.2, 0.25) is 0 Å². The van der Waals surface area contributed by atoms with Crippen LogP contribution in [-0.4, -0.2) is 22.1 Å². The molecule has 2 rings (SSSR count). The maximum Gasteiger partial charge on any atom is 0.434 e. The SMILES string of the molecule is CCOC(=O)Cc1nc(C(F)(F)F)cn1-c1ccc(N)cc1. The summed E-state index contributed by atoms with van der Waals surface area (Å²) in [7, 11) is 0. The van der Waals surface area contributed by atoms with E-state index < -0.39 is 17.8 Å². The molecule has 1 aromatic carbocycles. The van der Waals surface area contributed by atoms with E-state index in [1.54, 1.807) is 31.2 Å². The Kier molecular flexibility index (Phi) is 4.39. The highest BCUT2D eigenvalue weighted by Crippen LogP contribution is 2.29. The summed E-state index contributed by atoms with van der Waals surface area (Å²) < 4.78 is 44.5. The van der Waals surface area contributed by atoms with Crippen LogP contribution in [0.5, 0.6) is 0 Å². The van der Waals surface area contributed by atoms with E-state index in [9.17, 15) is 18.0 Å². The van der Waals surface area contributed by atoms with Gasteiger partial charge in [0, 0.05) is 17.6 Å². The number of imidazole rings is 1. The predicted molar refractivity (Wildman–Crippen MR) is 73.3 cm³/mol. The Morgan fingerprint density at radius 2 is 1.95 bits per heavy atom. The molecule has 118 valence electrons. The second-order valence-corrected chi connectivity index (χ2v) is 4.48. The van der Waals surface area contributed by atoms with Gasteiger partial charge >= 0.3 is 12.1 Å². The molecule has 0 saturated carbocycles. The van der Waals surface area contributed by atoms with E-state index in [0.717, 1.165) is 6.20 Å². The van der Waals surface area contributed by atoms with E-state index in [1.807, 2.05) is 0 Å². The summed E-state index contributed by atoms with van der Waals surface area (Å²) in [6.45, 7) is 1.76. The monoisotopic (exact) mass is 313 g/mol. The molecule has 0 aliphatic rings. The van der Waals surface area contributed by atoms with Crippen molar-refractivity contribution < 1.29 is 22.7 Å². The van der Waals surface area contributed by atoms with Gasteiger partial charge in [-0.25, -0.2) is 4.98 Å². The Bertz CT molecular complexity index is 663. The molecule has 0 radical (unpaired) electrons. The Balaban J connectivity index is 2.43. The molecule has 0 aliphatic heterocycles. The number of carbonyl (C=O) groups is 1. The number of aromatic nitrogens is 2. The lowest BCUT2D eigenvalue weighted by molar-refractivity contribution is -0.143. The normalized spacial score (nSPS) is 11.5. The van der Waals surface area contributed by atoms with Gasteiger partial charge in [0.15, 0.2) is 5.69 Å². The van der Waals surface area contributed by atoms with Crippen LogP contribution in [0, 0.1) is 0 Å². The van der Waals surface area contributed by atoms with Crippen molar-refractivity contribution in [1.82, 2.24) is 9.55 Å². The standard InChI is InChI=1S/C14H14F3N3O2/c1-2-22-13(21)7-12-19-11(14(15,16)17)8-20(12)10-5-3-9(18)4-6-10/h3-6,8H,2,7,18H2,1H3. The second-order valence-electron chi connectivity index (χ2n) is 4.48. The lowest BCUT2D eigenvalue weighted by atomic mass is 10.2. The molecule has 22 heavy (non-hydrogen) atoms. The number of nitrogens with zero attached hydrogens (tertiary/aromatic N) is 2. The number of nitrogen functional groups attached to an aromatic ring is 1. The van der Waals surface area contributed by atoms with Crippen LogP contribution < -0.4 is 5.73 Å². The molecule has 0 fully saturated rings. The van der Waals surface area contributed by atoms with Crippen LogP contribution in [-0.2, 0) is 22.1 Å². The number of ether oxygens (including phenoxy) is 1. The van der Waals surface area contributed by atoms with Crippen molar-refractivity contribution in [1.29, 1.82) is 0 Å². The van der Waals surface area contributed by atoms with Gasteiger partial charge in [0.25, 0.3) is 0 Å². The fraction of sp³-hybridized carbons (Fsp3) is 0.286. The van der Waals surface area contributed by atoms with Crippen LogP contribution in [0.4, 0.5) is 18.9 Å². The Labute approximate surface area is 124 Å². The van der Waals surface area contributed by atoms with Gasteiger partial charge < -0.3 is 15.0 Å². The minimum Gasteiger partial charge on any atom is -0.466 e. The van der Waals surface area contributed by atoms with Crippen LogP contribution in [0.15, 0.2) is 30.5 Å². The number of halogens is 3. The topological polar surface area (TPSA) is 70.1 Å². The molecule has 0 atom stereocenters. The van der Waals surface area contributed by atoms with Crippen molar-refractivity contribution in [3.05, 3.63) is 42.0 Å². The molecule has 0 saturated heterocycles. The number of rotatable bonds is 4. The zero-order chi connectivity index (χ0) is 16.3. The summed E-state index contributed by atoms with van der Waals surface area (Å²) in [6.07, 6.45) is -4.10. The first-order valence-corrected chi connectivity index (χ1v) is 6.48. The summed E-state index contributed by atoms with van der Waals surface area (Å²) in [5.41, 5.74) is 5.40. The van der Waals surface area contributed by atoms with Crippen LogP contribution in [0.3, 0.4) is 0 Å². The molecule has 0 bridgehead atoms. The van der Waals surface area contributed by atoms with Crippen molar-refractivity contribution in [3.63, 3.8) is 0 Å². The smallest absolute Gasteiger partial charge is 0.434 e. The van der Waals surface area contributed by atoms with Gasteiger partial charge in [-0.1, -0.05) is 0 Å². The minimum absolute atomic E-state index is 0.0458. The zero-order valence-electron chi connectivity index (χ0n) is 11.7. The molecule has 8 heteroatoms. The number of carbonyl (C=O) groups excluding carboxylic acids is 1. The molecule has 0 aliphatic carbocycles. The Morgan fingerprint density at radius 1 is 1.32 bits per heavy atom. The quantitative estimate of drug-likeness (QED) is 0.696. The molecule has 0 amide bonds. The average Bonchev–Trinajstić information content (AvgIpc) is 2.83. The number of esters is 1. The van der Waals surface area contributed by atoms with Gasteiger partial charge in [0.05, 0.1) is 6.61 Å². The van der Waals surface area contributed by atoms with Gasteiger partial charge in [-0.2, -0.15) is 13.2 Å². The Hall–Kier alpha value is -2.51. The highest BCUT2D eigenvalue weighted by Gasteiger charge is 2.35. The average molecular weight is 313 g/mol. The molecule has 1 aromatic heterocycles. The third-order valence-electron chi connectivity index (χ3n) is 2.85. The van der Waals surface area contributed by atoms with E-state index in [-0.39, 0.29) is 18.9 Å². The third kappa shape index (κ3) is 3.57. The number of alkyl halides is 3. The molecule has 2 aromatic rings. The summed E-state index contributed by atoms with van der Waals surface area (Å²) in [4.78, 5) is 15.0. The van der Waals surface area contributed by atoms with Gasteiger partial charge in [-0.3, -0.25) is 4.79 Å². The molecular weight excluding hydrogens is 299 g/mol. The molecular formula is C14H14F3N3O2. The Morgan fingerprint density at radius 3 is 2.50 bits per heavy atom. The molecule has 1 heterocycles. The zero-order valence-corrected chi connectivity index (χ0v) is 11.7. The molecule has 0 unspecified atom stereocenters. The molecule has 5 nitrogen and oxygen atoms in total. The first kappa shape index (κ1) is 15.9. The molecule has 0 spiro atoms. The lowest BCUT2D eigenvalue weighted by Gasteiger charge is -2.07. The van der Waals surface area contributed by atoms with Gasteiger partial charge in [-0.05, 0) is 31.2 Å². The minimum atomic E-state index is -4.59. The summed E-state index contributed by atoms with van der Waals surface area (Å²) >= 11 is 0. The highest BCUT2D eigenvalue weighted by atomic mass is 19.4. The third-order valence-corrected chi connectivity index (χ3v) is 2.85. The predicted octanol–water partition coefficient (Wildman–Crippen LogP) is 2.58. The lowest BCUT2D eigenvalue weighted by Crippen LogP contribution is -2.12. The van der Waals surface area contributed by atoms with E-state index >= 15 is 0 Å². The van der Waals surface area contributed by atoms with Crippen molar-refractivity contribution in [2.24, 2.45) is 0 Å². The first-order chi connectivity index (χ1) is 10.3. The first-order valence-electron chi connectivity index (χ1n) is 6.48. The number of nitrogens with two attached hydrogens (primary N) is 1. The summed E-state index contributed by atoms with van der Waals surface area (Å²) in [5.74, 6) is -0.686. The maximum absolute atomic E-state index is 12.8. The van der Waals surface area contributed by atoms with Gasteiger partial charge in [0.1, 0.15) is 12.2 Å². The van der Waals surface area contributed by atoms with Crippen LogP contribution >= 0.6 is 0 Å². The van der Waals surface area contributed by atoms with E-state index in [2.05, 4.69) is 4.98 Å². The fourth-order valence-corrected chi connectivity index (χ4v) is 1.88. The summed E-state index contributed by atoms with van der Waals surface area (Å²) in [6, 6.07) is 6.20. The van der Waals surface area contributed by atoms with Gasteiger partial charge in [-0.15, -0.1) is 0 Å². The highest BCUT2D eigenvalue weighted by molar-refractivity contribution is 5.71. The van der Waals surface area contributed by atoms with E-state index in [4.69, 9.17) is 10.5 Å². The van der Waals surface area contributed by atoms with E-state index in [1.165, 1.54) is 4.57 Å². The second kappa shape index (κ2) is 6.08. The van der Waals surface area contributed by atoms with E-state index in [0.29, 0.717) is 11.4 Å². The van der Waals surface area contributed by atoms with Crippen molar-refractivity contribution in [3.8, 4) is 5.69 Å². The van der Waals surface area contributed by atoms with Crippen molar-refractivity contribution in [2.75, 3.05) is 12.3 Å². The van der Waals surface area contributed by atoms with Gasteiger partial charge in [0.2, 0.25) is 0 Å². The van der Waals surface area contributed by atoms with Crippen LogP contribution in [0.25, 0.3) is 5.69 Å².